The van der Waals surface area contributed by atoms with Gasteiger partial charge in [0.25, 0.3) is 5.91 Å². The number of rotatable bonds is 8. The zero-order chi connectivity index (χ0) is 16.5. The molecule has 0 aliphatic rings. The molecule has 0 heterocycles. The molecule has 0 fully saturated rings. The summed E-state index contributed by atoms with van der Waals surface area (Å²) in [6.45, 7) is 5.86. The molecule has 122 valence electrons. The van der Waals surface area contributed by atoms with Gasteiger partial charge in [0.05, 0.1) is 5.92 Å². The highest BCUT2D eigenvalue weighted by molar-refractivity contribution is 5.83. The number of hydrogen-bond donors (Lipinski definition) is 1. The monoisotopic (exact) mass is 309 g/mol. The van der Waals surface area contributed by atoms with E-state index in [9.17, 15) is 14.0 Å². The molecule has 1 rings (SSSR count). The normalized spacial score (nSPS) is 13.3. The molecule has 0 bridgehead atoms. The molecule has 0 spiro atoms. The predicted octanol–water partition coefficient (Wildman–Crippen LogP) is 2.85. The number of nitrogens with one attached hydrogen (secondary N) is 1. The minimum Gasteiger partial charge on any atom is -0.452 e. The number of benzene rings is 1. The summed E-state index contributed by atoms with van der Waals surface area (Å²) in [5.41, 5.74) is 0.726. The summed E-state index contributed by atoms with van der Waals surface area (Å²) >= 11 is 0. The Kier molecular flexibility index (Phi) is 7.57. The summed E-state index contributed by atoms with van der Waals surface area (Å²) in [5, 5.41) is 2.72. The van der Waals surface area contributed by atoms with Crippen LogP contribution in [0.2, 0.25) is 0 Å². The van der Waals surface area contributed by atoms with Crippen LogP contribution in [-0.4, -0.2) is 24.5 Å². The van der Waals surface area contributed by atoms with E-state index in [4.69, 9.17) is 4.74 Å². The zero-order valence-electron chi connectivity index (χ0n) is 13.4. The van der Waals surface area contributed by atoms with Crippen LogP contribution in [0, 0.1) is 11.7 Å². The van der Waals surface area contributed by atoms with Crippen molar-refractivity contribution in [2.45, 2.75) is 46.1 Å². The average Bonchev–Trinajstić information content (AvgIpc) is 2.47. The molecule has 1 N–H and O–H groups in total. The first-order chi connectivity index (χ1) is 10.4. The number of carbonyl (C=O) groups is 2. The van der Waals surface area contributed by atoms with Crippen molar-refractivity contribution < 1.29 is 18.7 Å². The van der Waals surface area contributed by atoms with Crippen LogP contribution >= 0.6 is 0 Å². The van der Waals surface area contributed by atoms with Crippen LogP contribution in [0.3, 0.4) is 0 Å². The van der Waals surface area contributed by atoms with E-state index in [0.29, 0.717) is 13.0 Å². The molecule has 0 aromatic heterocycles. The average molecular weight is 309 g/mol. The molecule has 0 saturated heterocycles. The van der Waals surface area contributed by atoms with Gasteiger partial charge in [-0.15, -0.1) is 0 Å². The van der Waals surface area contributed by atoms with Crippen LogP contribution in [0.1, 0.15) is 39.2 Å². The van der Waals surface area contributed by atoms with Crippen LogP contribution < -0.4 is 5.32 Å². The highest BCUT2D eigenvalue weighted by atomic mass is 19.1. The molecule has 1 aromatic carbocycles. The van der Waals surface area contributed by atoms with Gasteiger partial charge in [-0.2, -0.15) is 0 Å². The summed E-state index contributed by atoms with van der Waals surface area (Å²) in [6.07, 6.45) is 1.43. The first-order valence-electron chi connectivity index (χ1n) is 7.66. The van der Waals surface area contributed by atoms with Gasteiger partial charge in [0.2, 0.25) is 0 Å². The Balaban J connectivity index is 2.44. The van der Waals surface area contributed by atoms with E-state index in [-0.39, 0.29) is 11.7 Å². The van der Waals surface area contributed by atoms with Crippen molar-refractivity contribution in [1.29, 1.82) is 0 Å². The summed E-state index contributed by atoms with van der Waals surface area (Å²) in [5.74, 6) is -1.52. The van der Waals surface area contributed by atoms with Crippen LogP contribution in [0.25, 0.3) is 0 Å². The third-order valence-corrected chi connectivity index (χ3v) is 3.33. The summed E-state index contributed by atoms with van der Waals surface area (Å²) in [6, 6.07) is 6.11. The van der Waals surface area contributed by atoms with Crippen LogP contribution in [-0.2, 0) is 20.7 Å². The number of ether oxygens (including phenoxy) is 1. The highest BCUT2D eigenvalue weighted by Crippen LogP contribution is 2.12. The van der Waals surface area contributed by atoms with Crippen molar-refractivity contribution in [3.8, 4) is 0 Å². The molecule has 5 heteroatoms. The van der Waals surface area contributed by atoms with E-state index in [1.54, 1.807) is 26.0 Å². The van der Waals surface area contributed by atoms with E-state index in [1.807, 2.05) is 6.92 Å². The summed E-state index contributed by atoms with van der Waals surface area (Å²) < 4.78 is 18.3. The lowest BCUT2D eigenvalue weighted by molar-refractivity contribution is -0.158. The Morgan fingerprint density at radius 3 is 2.68 bits per heavy atom. The molecule has 2 atom stereocenters. The fraction of sp³-hybridized carbons (Fsp3) is 0.529. The van der Waals surface area contributed by atoms with Gasteiger partial charge < -0.3 is 10.1 Å². The minimum atomic E-state index is -0.820. The van der Waals surface area contributed by atoms with Crippen molar-refractivity contribution in [1.82, 2.24) is 5.32 Å². The van der Waals surface area contributed by atoms with Crippen molar-refractivity contribution >= 4 is 11.9 Å². The Bertz CT molecular complexity index is 504. The Morgan fingerprint density at radius 2 is 2.05 bits per heavy atom. The first kappa shape index (κ1) is 18.1. The minimum absolute atomic E-state index is 0.292. The molecule has 0 radical (unpaired) electrons. The van der Waals surface area contributed by atoms with Gasteiger partial charge in [-0.05, 0) is 37.5 Å². The number of halogens is 1. The summed E-state index contributed by atoms with van der Waals surface area (Å²) in [7, 11) is 0. The van der Waals surface area contributed by atoms with Gasteiger partial charge in [-0.1, -0.05) is 32.4 Å². The van der Waals surface area contributed by atoms with E-state index in [0.717, 1.165) is 18.4 Å². The topological polar surface area (TPSA) is 55.4 Å². The lowest BCUT2D eigenvalue weighted by Crippen LogP contribution is -2.37. The maximum Gasteiger partial charge on any atom is 0.309 e. The molecule has 0 aliphatic heterocycles. The molecule has 2 unspecified atom stereocenters. The van der Waals surface area contributed by atoms with Crippen LogP contribution in [0.4, 0.5) is 4.39 Å². The van der Waals surface area contributed by atoms with Crippen molar-refractivity contribution in [3.63, 3.8) is 0 Å². The number of hydrogen-bond acceptors (Lipinski definition) is 3. The second-order valence-electron chi connectivity index (χ2n) is 5.46. The van der Waals surface area contributed by atoms with Crippen molar-refractivity contribution in [2.75, 3.05) is 6.54 Å². The second-order valence-corrected chi connectivity index (χ2v) is 5.46. The van der Waals surface area contributed by atoms with Gasteiger partial charge in [0, 0.05) is 6.54 Å². The molecule has 4 nitrogen and oxygen atoms in total. The smallest absolute Gasteiger partial charge is 0.309 e. The maximum absolute atomic E-state index is 13.1. The van der Waals surface area contributed by atoms with E-state index >= 15 is 0 Å². The second kappa shape index (κ2) is 9.18. The van der Waals surface area contributed by atoms with Crippen molar-refractivity contribution in [2.24, 2.45) is 5.92 Å². The van der Waals surface area contributed by atoms with Gasteiger partial charge in [0.15, 0.2) is 6.10 Å². The molecule has 22 heavy (non-hydrogen) atoms. The first-order valence-corrected chi connectivity index (χ1v) is 7.66. The fourth-order valence-corrected chi connectivity index (χ4v) is 1.98. The third-order valence-electron chi connectivity index (χ3n) is 3.33. The zero-order valence-corrected chi connectivity index (χ0v) is 13.4. The summed E-state index contributed by atoms with van der Waals surface area (Å²) in [4.78, 5) is 23.7. The van der Waals surface area contributed by atoms with Gasteiger partial charge >= 0.3 is 5.97 Å². The van der Waals surface area contributed by atoms with Crippen LogP contribution in [0.5, 0.6) is 0 Å². The number of esters is 1. The Labute approximate surface area is 131 Å². The molecular weight excluding hydrogens is 285 g/mol. The fourth-order valence-electron chi connectivity index (χ4n) is 1.98. The largest absolute Gasteiger partial charge is 0.452 e. The van der Waals surface area contributed by atoms with Gasteiger partial charge in [-0.25, -0.2) is 4.39 Å². The van der Waals surface area contributed by atoms with Crippen molar-refractivity contribution in [3.05, 3.63) is 35.6 Å². The molecule has 0 saturated carbocycles. The third kappa shape index (κ3) is 6.24. The van der Waals surface area contributed by atoms with E-state index < -0.39 is 18.0 Å². The molecule has 0 aliphatic carbocycles. The Hall–Kier alpha value is -1.91. The molecular formula is C17H24FNO3. The number of carbonyl (C=O) groups excluding carboxylic acids is 2. The standard InChI is InChI=1S/C17H24FNO3/c1-4-5-9-19-16(20)13(3)22-17(21)12(2)10-14-7-6-8-15(18)11-14/h6-8,11-13H,4-5,9-10H2,1-3H3,(H,19,20). The number of unbranched alkanes of at least 4 members (excludes halogenated alkanes) is 1. The predicted molar refractivity (Wildman–Crippen MR) is 82.7 cm³/mol. The molecule has 1 aromatic rings. The van der Waals surface area contributed by atoms with Crippen LogP contribution in [0.15, 0.2) is 24.3 Å². The highest BCUT2D eigenvalue weighted by Gasteiger charge is 2.22. The Morgan fingerprint density at radius 1 is 1.32 bits per heavy atom. The SMILES string of the molecule is CCCCNC(=O)C(C)OC(=O)C(C)Cc1cccc(F)c1. The quantitative estimate of drug-likeness (QED) is 0.593. The van der Waals surface area contributed by atoms with Gasteiger partial charge in [0.1, 0.15) is 5.82 Å². The van der Waals surface area contributed by atoms with E-state index in [1.165, 1.54) is 12.1 Å². The van der Waals surface area contributed by atoms with E-state index in [2.05, 4.69) is 5.32 Å². The lowest BCUT2D eigenvalue weighted by atomic mass is 10.0. The molecule has 1 amide bonds. The lowest BCUT2D eigenvalue weighted by Gasteiger charge is -2.16. The van der Waals surface area contributed by atoms with Gasteiger partial charge in [-0.3, -0.25) is 9.59 Å². The number of amides is 1. The maximum atomic E-state index is 13.1.